The van der Waals surface area contributed by atoms with Crippen LogP contribution in [0, 0.1) is 23.2 Å². The first-order chi connectivity index (χ1) is 9.44. The van der Waals surface area contributed by atoms with E-state index in [9.17, 15) is 9.59 Å². The van der Waals surface area contributed by atoms with Gasteiger partial charge in [0.25, 0.3) is 0 Å². The minimum atomic E-state index is -0.455. The van der Waals surface area contributed by atoms with Crippen molar-refractivity contribution in [1.82, 2.24) is 0 Å². The van der Waals surface area contributed by atoms with E-state index >= 15 is 0 Å². The second kappa shape index (κ2) is 5.38. The van der Waals surface area contributed by atoms with Crippen LogP contribution in [0.15, 0.2) is 0 Å². The molecule has 2 aliphatic carbocycles. The van der Waals surface area contributed by atoms with Crippen molar-refractivity contribution < 1.29 is 19.1 Å². The molecule has 3 fully saturated rings. The van der Waals surface area contributed by atoms with Gasteiger partial charge in [-0.25, -0.2) is 0 Å². The van der Waals surface area contributed by atoms with Gasteiger partial charge in [0.15, 0.2) is 0 Å². The molecular formula is C16H26O4. The molecule has 0 radical (unpaired) electrons. The number of hydrogen-bond donors (Lipinski definition) is 0. The lowest BCUT2D eigenvalue weighted by atomic mass is 9.87. The summed E-state index contributed by atoms with van der Waals surface area (Å²) < 4.78 is 11.0. The number of ether oxygens (including phenoxy) is 2. The van der Waals surface area contributed by atoms with Crippen molar-refractivity contribution in [1.29, 1.82) is 0 Å². The van der Waals surface area contributed by atoms with Crippen LogP contribution in [0.1, 0.15) is 53.9 Å². The fourth-order valence-electron chi connectivity index (χ4n) is 3.49. The van der Waals surface area contributed by atoms with Gasteiger partial charge in [0.2, 0.25) is 0 Å². The number of rotatable bonds is 3. The average Bonchev–Trinajstić information content (AvgIpc) is 3.05. The summed E-state index contributed by atoms with van der Waals surface area (Å²) in [4.78, 5) is 23.7. The first-order valence-corrected chi connectivity index (χ1v) is 7.85. The molecule has 114 valence electrons. The minimum absolute atomic E-state index is 0.0779. The Labute approximate surface area is 121 Å². The first kappa shape index (κ1) is 15.3. The monoisotopic (exact) mass is 282 g/mol. The van der Waals surface area contributed by atoms with E-state index < -0.39 is 5.41 Å². The van der Waals surface area contributed by atoms with E-state index in [0.29, 0.717) is 11.8 Å². The summed E-state index contributed by atoms with van der Waals surface area (Å²) in [6.07, 6.45) is 2.20. The van der Waals surface area contributed by atoms with Crippen LogP contribution in [-0.2, 0) is 19.1 Å². The smallest absolute Gasteiger partial charge is 0.311 e. The van der Waals surface area contributed by atoms with Crippen LogP contribution in [0.2, 0.25) is 0 Å². The molecule has 5 atom stereocenters. The van der Waals surface area contributed by atoms with Crippen LogP contribution < -0.4 is 0 Å². The lowest BCUT2D eigenvalue weighted by Crippen LogP contribution is -2.39. The highest BCUT2D eigenvalue weighted by molar-refractivity contribution is 5.78. The lowest BCUT2D eigenvalue weighted by Gasteiger charge is -2.29. The third-order valence-corrected chi connectivity index (χ3v) is 5.09. The summed E-state index contributed by atoms with van der Waals surface area (Å²) in [6, 6.07) is 0. The van der Waals surface area contributed by atoms with E-state index in [-0.39, 0.29) is 30.1 Å². The molecule has 3 rings (SSSR count). The van der Waals surface area contributed by atoms with Crippen LogP contribution >= 0.6 is 0 Å². The Balaban J connectivity index is 0.000000704. The van der Waals surface area contributed by atoms with Gasteiger partial charge in [-0.05, 0) is 33.1 Å². The van der Waals surface area contributed by atoms with Crippen LogP contribution in [0.3, 0.4) is 0 Å². The molecular weight excluding hydrogens is 256 g/mol. The molecule has 1 saturated heterocycles. The molecule has 1 heterocycles. The minimum Gasteiger partial charge on any atom is -0.458 e. The normalized spacial score (nSPS) is 37.2. The summed E-state index contributed by atoms with van der Waals surface area (Å²) in [5.74, 6) is 0.454. The second-order valence-corrected chi connectivity index (χ2v) is 6.51. The molecule has 0 aromatic heterocycles. The van der Waals surface area contributed by atoms with Gasteiger partial charge in [-0.15, -0.1) is 0 Å². The Morgan fingerprint density at radius 2 is 2.00 bits per heavy atom. The van der Waals surface area contributed by atoms with E-state index in [1.54, 1.807) is 0 Å². The van der Waals surface area contributed by atoms with E-state index in [2.05, 4.69) is 0 Å². The highest BCUT2D eigenvalue weighted by Crippen LogP contribution is 2.55. The van der Waals surface area contributed by atoms with E-state index in [0.717, 1.165) is 19.3 Å². The third kappa shape index (κ3) is 2.23. The van der Waals surface area contributed by atoms with Crippen molar-refractivity contribution in [2.75, 3.05) is 0 Å². The van der Waals surface area contributed by atoms with Crippen LogP contribution in [0.4, 0.5) is 0 Å². The molecule has 5 unspecified atom stereocenters. The zero-order valence-electron chi connectivity index (χ0n) is 13.1. The maximum absolute atomic E-state index is 12.1. The predicted molar refractivity (Wildman–Crippen MR) is 74.9 cm³/mol. The molecule has 0 spiro atoms. The van der Waals surface area contributed by atoms with E-state index in [1.807, 2.05) is 34.6 Å². The highest BCUT2D eigenvalue weighted by Gasteiger charge is 2.63. The maximum Gasteiger partial charge on any atom is 0.311 e. The van der Waals surface area contributed by atoms with Crippen LogP contribution in [-0.4, -0.2) is 24.1 Å². The number of carbonyl (C=O) groups is 2. The second-order valence-electron chi connectivity index (χ2n) is 6.51. The fraction of sp³-hybridized carbons (Fsp3) is 0.875. The Kier molecular flexibility index (Phi) is 4.12. The number of fused-ring (bicyclic) bond motifs is 1. The van der Waals surface area contributed by atoms with E-state index in [4.69, 9.17) is 9.47 Å². The molecule has 2 saturated carbocycles. The summed E-state index contributed by atoms with van der Waals surface area (Å²) in [7, 11) is 0. The maximum atomic E-state index is 12.1. The summed E-state index contributed by atoms with van der Waals surface area (Å²) in [6.45, 7) is 9.77. The number of hydrogen-bond acceptors (Lipinski definition) is 4. The van der Waals surface area contributed by atoms with Gasteiger partial charge >= 0.3 is 11.9 Å². The zero-order chi connectivity index (χ0) is 15.1. The standard InChI is InChI=1S/C14H20O4.C2H6/c1-4-14(2,3)13(16)18-10-7-5-8-9(6-7)12(15)17-11(8)10;1-2/h7-11H,4-6H2,1-3H3;1-2H3. The van der Waals surface area contributed by atoms with Crippen molar-refractivity contribution in [2.24, 2.45) is 23.2 Å². The lowest BCUT2D eigenvalue weighted by molar-refractivity contribution is -0.170. The quantitative estimate of drug-likeness (QED) is 0.747. The first-order valence-electron chi connectivity index (χ1n) is 7.85. The molecule has 3 aliphatic rings. The predicted octanol–water partition coefficient (Wildman–Crippen LogP) is 2.94. The molecule has 0 aromatic rings. The molecule has 20 heavy (non-hydrogen) atoms. The number of esters is 2. The van der Waals surface area contributed by atoms with Gasteiger partial charge in [-0.1, -0.05) is 20.8 Å². The van der Waals surface area contributed by atoms with Gasteiger partial charge in [0.05, 0.1) is 11.3 Å². The Bertz CT molecular complexity index is 401. The summed E-state index contributed by atoms with van der Waals surface area (Å²) in [5.41, 5.74) is -0.455. The van der Waals surface area contributed by atoms with Gasteiger partial charge < -0.3 is 9.47 Å². The van der Waals surface area contributed by atoms with Crippen LogP contribution in [0.5, 0.6) is 0 Å². The van der Waals surface area contributed by atoms with Crippen LogP contribution in [0.25, 0.3) is 0 Å². The van der Waals surface area contributed by atoms with Crippen molar-refractivity contribution in [2.45, 2.75) is 66.1 Å². The van der Waals surface area contributed by atoms with Crippen molar-refractivity contribution in [3.8, 4) is 0 Å². The Morgan fingerprint density at radius 1 is 1.35 bits per heavy atom. The van der Waals surface area contributed by atoms with E-state index in [1.165, 1.54) is 0 Å². The fourth-order valence-corrected chi connectivity index (χ4v) is 3.49. The molecule has 0 N–H and O–H groups in total. The highest BCUT2D eigenvalue weighted by atomic mass is 16.6. The Hall–Kier alpha value is -1.06. The molecule has 0 amide bonds. The third-order valence-electron chi connectivity index (χ3n) is 5.09. The molecule has 1 aliphatic heterocycles. The van der Waals surface area contributed by atoms with Gasteiger partial charge in [0.1, 0.15) is 12.2 Å². The van der Waals surface area contributed by atoms with Crippen molar-refractivity contribution in [3.63, 3.8) is 0 Å². The topological polar surface area (TPSA) is 52.6 Å². The largest absolute Gasteiger partial charge is 0.458 e. The van der Waals surface area contributed by atoms with Gasteiger partial charge in [-0.2, -0.15) is 0 Å². The molecule has 2 bridgehead atoms. The SMILES string of the molecule is CC.CCC(C)(C)C(=O)OC1C2CC3C(=O)OC1C3C2. The molecule has 0 aromatic carbocycles. The molecule has 4 nitrogen and oxygen atoms in total. The zero-order valence-corrected chi connectivity index (χ0v) is 13.1. The van der Waals surface area contributed by atoms with Crippen molar-refractivity contribution >= 4 is 11.9 Å². The average molecular weight is 282 g/mol. The summed E-state index contributed by atoms with van der Waals surface area (Å²) >= 11 is 0. The molecule has 4 heteroatoms. The van der Waals surface area contributed by atoms with Gasteiger partial charge in [0, 0.05) is 11.8 Å². The van der Waals surface area contributed by atoms with Gasteiger partial charge in [-0.3, -0.25) is 9.59 Å². The summed E-state index contributed by atoms with van der Waals surface area (Å²) in [5, 5.41) is 0. The number of carbonyl (C=O) groups excluding carboxylic acids is 2. The van der Waals surface area contributed by atoms with Crippen molar-refractivity contribution in [3.05, 3.63) is 0 Å². The Morgan fingerprint density at radius 3 is 2.60 bits per heavy atom.